The van der Waals surface area contributed by atoms with E-state index in [1.807, 2.05) is 20.8 Å². The van der Waals surface area contributed by atoms with Crippen molar-refractivity contribution in [1.29, 1.82) is 0 Å². The van der Waals surface area contributed by atoms with Crippen molar-refractivity contribution in [2.24, 2.45) is 5.41 Å². The summed E-state index contributed by atoms with van der Waals surface area (Å²) in [6, 6.07) is 10.7. The highest BCUT2D eigenvalue weighted by Gasteiger charge is 2.37. The number of benzene rings is 2. The molecule has 1 aliphatic heterocycles. The molecule has 0 fully saturated rings. The van der Waals surface area contributed by atoms with Crippen LogP contribution in [0.4, 0.5) is 17.1 Å². The quantitative estimate of drug-likeness (QED) is 0.756. The second kappa shape index (κ2) is 7.98. The molecule has 0 saturated carbocycles. The zero-order valence-electron chi connectivity index (χ0n) is 17.4. The van der Waals surface area contributed by atoms with Crippen LogP contribution in [0.25, 0.3) is 0 Å². The standard InChI is InChI=1S/C21H25N3O5S/c1-5-24-18-11-8-16(12-19(18)29-13-21(3,4)20(24)26)23-30(27,28)17-9-6-15(7-10-17)22-14(2)25/h6-12,23H,5,13H2,1-4H3,(H,22,25). The van der Waals surface area contributed by atoms with E-state index < -0.39 is 15.4 Å². The summed E-state index contributed by atoms with van der Waals surface area (Å²) in [6.45, 7) is 7.56. The van der Waals surface area contributed by atoms with Crippen molar-refractivity contribution in [2.45, 2.75) is 32.6 Å². The molecule has 0 radical (unpaired) electrons. The largest absolute Gasteiger partial charge is 0.490 e. The van der Waals surface area contributed by atoms with Crippen molar-refractivity contribution >= 4 is 38.9 Å². The van der Waals surface area contributed by atoms with Gasteiger partial charge in [-0.05, 0) is 57.2 Å². The Balaban J connectivity index is 1.87. The van der Waals surface area contributed by atoms with E-state index in [1.54, 1.807) is 23.1 Å². The van der Waals surface area contributed by atoms with Gasteiger partial charge in [-0.25, -0.2) is 8.42 Å². The Kier molecular flexibility index (Phi) is 5.76. The number of fused-ring (bicyclic) bond motifs is 1. The predicted molar refractivity (Wildman–Crippen MR) is 115 cm³/mol. The van der Waals surface area contributed by atoms with Crippen molar-refractivity contribution in [3.63, 3.8) is 0 Å². The fraction of sp³-hybridized carbons (Fsp3) is 0.333. The lowest BCUT2D eigenvalue weighted by molar-refractivity contribution is -0.127. The monoisotopic (exact) mass is 431 g/mol. The summed E-state index contributed by atoms with van der Waals surface area (Å²) in [5.41, 5.74) is 0.745. The normalized spacial score (nSPS) is 15.6. The van der Waals surface area contributed by atoms with Gasteiger partial charge in [0.2, 0.25) is 11.8 Å². The fourth-order valence-corrected chi connectivity index (χ4v) is 4.21. The van der Waals surface area contributed by atoms with Crippen LogP contribution in [0, 0.1) is 5.41 Å². The van der Waals surface area contributed by atoms with Gasteiger partial charge in [0, 0.05) is 25.2 Å². The van der Waals surface area contributed by atoms with E-state index in [1.165, 1.54) is 31.2 Å². The van der Waals surface area contributed by atoms with Crippen molar-refractivity contribution < 1.29 is 22.7 Å². The Labute approximate surface area is 176 Å². The maximum Gasteiger partial charge on any atom is 0.261 e. The molecule has 2 aromatic carbocycles. The number of nitrogens with zero attached hydrogens (tertiary/aromatic N) is 1. The first kappa shape index (κ1) is 21.6. The van der Waals surface area contributed by atoms with Gasteiger partial charge in [-0.3, -0.25) is 14.3 Å². The molecule has 0 atom stereocenters. The minimum atomic E-state index is -3.85. The zero-order chi connectivity index (χ0) is 22.1. The lowest BCUT2D eigenvalue weighted by Crippen LogP contribution is -2.42. The topological polar surface area (TPSA) is 105 Å². The Bertz CT molecular complexity index is 1080. The summed E-state index contributed by atoms with van der Waals surface area (Å²) >= 11 is 0. The Morgan fingerprint density at radius 2 is 1.77 bits per heavy atom. The summed E-state index contributed by atoms with van der Waals surface area (Å²) in [4.78, 5) is 25.6. The van der Waals surface area contributed by atoms with Crippen molar-refractivity contribution in [3.05, 3.63) is 42.5 Å². The van der Waals surface area contributed by atoms with Crippen LogP contribution in [-0.2, 0) is 19.6 Å². The van der Waals surface area contributed by atoms with Crippen molar-refractivity contribution in [3.8, 4) is 5.75 Å². The van der Waals surface area contributed by atoms with Gasteiger partial charge in [0.1, 0.15) is 12.4 Å². The molecule has 2 amide bonds. The Hall–Kier alpha value is -3.07. The summed E-state index contributed by atoms with van der Waals surface area (Å²) in [6.07, 6.45) is 0. The molecule has 3 rings (SSSR count). The molecule has 1 heterocycles. The third kappa shape index (κ3) is 4.40. The maximum absolute atomic E-state index is 12.8. The fourth-order valence-electron chi connectivity index (χ4n) is 3.16. The molecule has 8 nitrogen and oxygen atoms in total. The average molecular weight is 432 g/mol. The third-order valence-electron chi connectivity index (χ3n) is 4.72. The van der Waals surface area contributed by atoms with Gasteiger partial charge in [0.25, 0.3) is 10.0 Å². The average Bonchev–Trinajstić information content (AvgIpc) is 2.76. The van der Waals surface area contributed by atoms with E-state index in [9.17, 15) is 18.0 Å². The number of hydrogen-bond donors (Lipinski definition) is 2. The number of carbonyl (C=O) groups excluding carboxylic acids is 2. The van der Waals surface area contributed by atoms with Crippen LogP contribution in [-0.4, -0.2) is 33.4 Å². The lowest BCUT2D eigenvalue weighted by atomic mass is 9.93. The third-order valence-corrected chi connectivity index (χ3v) is 6.11. The van der Waals surface area contributed by atoms with Crippen LogP contribution in [0.15, 0.2) is 47.4 Å². The molecular formula is C21H25N3O5S. The van der Waals surface area contributed by atoms with Gasteiger partial charge >= 0.3 is 0 Å². The maximum atomic E-state index is 12.8. The number of hydrogen-bond acceptors (Lipinski definition) is 5. The highest BCUT2D eigenvalue weighted by molar-refractivity contribution is 7.92. The molecule has 160 valence electrons. The summed E-state index contributed by atoms with van der Waals surface area (Å²) in [7, 11) is -3.85. The van der Waals surface area contributed by atoms with Crippen LogP contribution in [0.2, 0.25) is 0 Å². The van der Waals surface area contributed by atoms with E-state index >= 15 is 0 Å². The van der Waals surface area contributed by atoms with E-state index in [0.29, 0.717) is 29.4 Å². The van der Waals surface area contributed by atoms with E-state index in [0.717, 1.165) is 0 Å². The van der Waals surface area contributed by atoms with Gasteiger partial charge in [0.15, 0.2) is 0 Å². The smallest absolute Gasteiger partial charge is 0.261 e. The second-order valence-electron chi connectivity index (χ2n) is 7.72. The molecule has 2 N–H and O–H groups in total. The van der Waals surface area contributed by atoms with Gasteiger partial charge in [-0.15, -0.1) is 0 Å². The van der Waals surface area contributed by atoms with E-state index in [2.05, 4.69) is 10.0 Å². The Morgan fingerprint density at radius 1 is 1.13 bits per heavy atom. The number of anilines is 3. The first-order valence-corrected chi connectivity index (χ1v) is 11.0. The molecule has 30 heavy (non-hydrogen) atoms. The Morgan fingerprint density at radius 3 is 2.37 bits per heavy atom. The second-order valence-corrected chi connectivity index (χ2v) is 9.40. The number of amides is 2. The van der Waals surface area contributed by atoms with Gasteiger partial charge in [0.05, 0.1) is 21.7 Å². The van der Waals surface area contributed by atoms with Gasteiger partial charge < -0.3 is 15.0 Å². The molecule has 0 aliphatic carbocycles. The number of ether oxygens (including phenoxy) is 1. The number of rotatable bonds is 5. The van der Waals surface area contributed by atoms with Gasteiger partial charge in [-0.1, -0.05) is 0 Å². The summed E-state index contributed by atoms with van der Waals surface area (Å²) in [5, 5.41) is 2.59. The molecule has 0 bridgehead atoms. The number of nitrogens with one attached hydrogen (secondary N) is 2. The number of carbonyl (C=O) groups is 2. The summed E-state index contributed by atoms with van der Waals surface area (Å²) in [5.74, 6) is 0.157. The molecular weight excluding hydrogens is 406 g/mol. The van der Waals surface area contributed by atoms with Crippen LogP contribution < -0.4 is 19.7 Å². The van der Waals surface area contributed by atoms with Crippen LogP contribution >= 0.6 is 0 Å². The molecule has 9 heteroatoms. The van der Waals surface area contributed by atoms with Crippen LogP contribution in [0.1, 0.15) is 27.7 Å². The van der Waals surface area contributed by atoms with E-state index in [-0.39, 0.29) is 23.3 Å². The zero-order valence-corrected chi connectivity index (χ0v) is 18.2. The van der Waals surface area contributed by atoms with Crippen LogP contribution in [0.5, 0.6) is 5.75 Å². The lowest BCUT2D eigenvalue weighted by Gasteiger charge is -2.26. The highest BCUT2D eigenvalue weighted by atomic mass is 32.2. The highest BCUT2D eigenvalue weighted by Crippen LogP contribution is 2.38. The summed E-state index contributed by atoms with van der Waals surface area (Å²) < 4.78 is 33.9. The molecule has 0 saturated heterocycles. The van der Waals surface area contributed by atoms with Crippen LogP contribution in [0.3, 0.4) is 0 Å². The van der Waals surface area contributed by atoms with Gasteiger partial charge in [-0.2, -0.15) is 0 Å². The minimum Gasteiger partial charge on any atom is -0.490 e. The molecule has 1 aliphatic rings. The SMILES string of the molecule is CCN1C(=O)C(C)(C)COc2cc(NS(=O)(=O)c3ccc(NC(C)=O)cc3)ccc21. The number of sulfonamides is 1. The molecule has 0 unspecified atom stereocenters. The first-order valence-electron chi connectivity index (χ1n) is 9.53. The molecule has 2 aromatic rings. The van der Waals surface area contributed by atoms with E-state index in [4.69, 9.17) is 4.74 Å². The molecule has 0 spiro atoms. The predicted octanol–water partition coefficient (Wildman–Crippen LogP) is 3.22. The van der Waals surface area contributed by atoms with Crippen molar-refractivity contribution in [1.82, 2.24) is 0 Å². The van der Waals surface area contributed by atoms with Crippen molar-refractivity contribution in [2.75, 3.05) is 28.1 Å². The molecule has 0 aromatic heterocycles. The first-order chi connectivity index (χ1) is 14.0. The minimum absolute atomic E-state index is 0.0451.